The summed E-state index contributed by atoms with van der Waals surface area (Å²) in [6.07, 6.45) is 9.31. The van der Waals surface area contributed by atoms with Crippen LogP contribution in [0.2, 0.25) is 0 Å². The quantitative estimate of drug-likeness (QED) is 0.763. The van der Waals surface area contributed by atoms with E-state index in [0.717, 1.165) is 44.9 Å². The molecule has 1 amide bonds. The van der Waals surface area contributed by atoms with Crippen LogP contribution in [-0.4, -0.2) is 37.5 Å². The lowest BCUT2D eigenvalue weighted by Crippen LogP contribution is -2.40. The largest absolute Gasteiger partial charge is 0.326 e. The normalized spacial score (nSPS) is 27.8. The molecule has 3 aliphatic rings. The second-order valence-electron chi connectivity index (χ2n) is 9.22. The Morgan fingerprint density at radius 2 is 1.53 bits per heavy atom. The van der Waals surface area contributed by atoms with Crippen LogP contribution >= 0.6 is 0 Å². The molecule has 0 spiro atoms. The number of carbonyl (C=O) groups is 2. The molecule has 2 unspecified atom stereocenters. The predicted molar refractivity (Wildman–Crippen MR) is 115 cm³/mol. The van der Waals surface area contributed by atoms with Crippen molar-refractivity contribution in [2.24, 2.45) is 17.8 Å². The number of carbonyl (C=O) groups excluding carboxylic acids is 2. The molecule has 1 N–H and O–H groups in total. The van der Waals surface area contributed by atoms with Gasteiger partial charge in [0.25, 0.3) is 0 Å². The number of nitrogens with one attached hydrogen (secondary N) is 1. The maximum Gasteiger partial charge on any atom is 0.243 e. The van der Waals surface area contributed by atoms with Crippen LogP contribution < -0.4 is 5.32 Å². The van der Waals surface area contributed by atoms with Crippen LogP contribution in [0.3, 0.4) is 0 Å². The maximum atomic E-state index is 13.0. The molecule has 1 aromatic rings. The highest BCUT2D eigenvalue weighted by molar-refractivity contribution is 7.89. The fraction of sp³-hybridized carbons (Fsp3) is 0.652. The summed E-state index contributed by atoms with van der Waals surface area (Å²) in [5.74, 6) is 0.224. The van der Waals surface area contributed by atoms with Crippen molar-refractivity contribution in [3.63, 3.8) is 0 Å². The molecule has 0 saturated heterocycles. The summed E-state index contributed by atoms with van der Waals surface area (Å²) in [6, 6.07) is 6.53. The molecule has 7 heteroatoms. The number of hydrogen-bond acceptors (Lipinski definition) is 4. The fourth-order valence-corrected chi connectivity index (χ4v) is 6.87. The first-order valence-corrected chi connectivity index (χ1v) is 12.7. The molecule has 2 bridgehead atoms. The number of fused-ring (bicyclic) bond motifs is 2. The Kier molecular flexibility index (Phi) is 6.30. The number of Topliss-reactive ketones (excluding diaryl/α,β-unsaturated/α-hetero) is 1. The maximum absolute atomic E-state index is 13.0. The van der Waals surface area contributed by atoms with Gasteiger partial charge < -0.3 is 5.32 Å². The van der Waals surface area contributed by atoms with Gasteiger partial charge in [0.1, 0.15) is 5.78 Å². The monoisotopic (exact) mass is 432 g/mol. The standard InChI is InChI=1S/C23H32N2O4S/c1-25(20-8-3-2-4-9-20)30(28,29)21-12-10-19(11-13-21)24-23(27)18-14-16-6-5-7-17(15-18)22(16)26/h10-13,16-18,20H,2-9,14-15H2,1H3,(H,24,27). The Labute approximate surface area is 179 Å². The average Bonchev–Trinajstić information content (AvgIpc) is 2.74. The molecule has 4 rings (SSSR count). The van der Waals surface area contributed by atoms with Gasteiger partial charge in [0.15, 0.2) is 0 Å². The molecule has 3 fully saturated rings. The summed E-state index contributed by atoms with van der Waals surface area (Å²) in [7, 11) is -1.87. The SMILES string of the molecule is CN(C1CCCCC1)S(=O)(=O)c1ccc(NC(=O)C2CC3CCCC(C2)C3=O)cc1. The smallest absolute Gasteiger partial charge is 0.243 e. The van der Waals surface area contributed by atoms with Crippen molar-refractivity contribution in [2.45, 2.75) is 75.1 Å². The van der Waals surface area contributed by atoms with Crippen LogP contribution in [0.15, 0.2) is 29.2 Å². The molecule has 0 aliphatic heterocycles. The van der Waals surface area contributed by atoms with Gasteiger partial charge >= 0.3 is 0 Å². The lowest BCUT2D eigenvalue weighted by atomic mass is 9.67. The zero-order valence-electron chi connectivity index (χ0n) is 17.7. The first-order chi connectivity index (χ1) is 14.4. The van der Waals surface area contributed by atoms with Gasteiger partial charge in [-0.05, 0) is 62.8 Å². The van der Waals surface area contributed by atoms with Crippen LogP contribution in [0.1, 0.15) is 64.2 Å². The summed E-state index contributed by atoms with van der Waals surface area (Å²) < 4.78 is 27.4. The second kappa shape index (κ2) is 8.79. The number of ketones is 1. The Balaban J connectivity index is 1.40. The van der Waals surface area contributed by atoms with Gasteiger partial charge in [0.05, 0.1) is 4.90 Å². The number of benzene rings is 1. The third-order valence-corrected chi connectivity index (χ3v) is 9.23. The fourth-order valence-electron chi connectivity index (χ4n) is 5.46. The molecule has 2 atom stereocenters. The lowest BCUT2D eigenvalue weighted by Gasteiger charge is -2.36. The Bertz CT molecular complexity index is 874. The number of sulfonamides is 1. The van der Waals surface area contributed by atoms with Crippen LogP contribution in [-0.2, 0) is 19.6 Å². The van der Waals surface area contributed by atoms with Crippen LogP contribution in [0, 0.1) is 17.8 Å². The van der Waals surface area contributed by atoms with Crippen LogP contribution in [0.25, 0.3) is 0 Å². The molecule has 1 aromatic carbocycles. The predicted octanol–water partition coefficient (Wildman–Crippen LogP) is 3.97. The van der Waals surface area contributed by atoms with E-state index in [4.69, 9.17) is 0 Å². The third kappa shape index (κ3) is 4.33. The summed E-state index contributed by atoms with van der Waals surface area (Å²) in [5.41, 5.74) is 0.598. The highest BCUT2D eigenvalue weighted by Crippen LogP contribution is 2.40. The van der Waals surface area contributed by atoms with E-state index in [2.05, 4.69) is 5.32 Å². The summed E-state index contributed by atoms with van der Waals surface area (Å²) in [4.78, 5) is 25.3. The van der Waals surface area contributed by atoms with Crippen molar-refractivity contribution in [3.8, 4) is 0 Å². The van der Waals surface area contributed by atoms with Gasteiger partial charge in [-0.25, -0.2) is 8.42 Å². The molecular formula is C23H32N2O4S. The van der Waals surface area contributed by atoms with E-state index in [9.17, 15) is 18.0 Å². The van der Waals surface area contributed by atoms with E-state index < -0.39 is 10.0 Å². The van der Waals surface area contributed by atoms with Crippen molar-refractivity contribution in [1.82, 2.24) is 4.31 Å². The number of amides is 1. The first-order valence-electron chi connectivity index (χ1n) is 11.3. The van der Waals surface area contributed by atoms with Crippen molar-refractivity contribution in [2.75, 3.05) is 12.4 Å². The van der Waals surface area contributed by atoms with E-state index in [-0.39, 0.29) is 34.6 Å². The van der Waals surface area contributed by atoms with Gasteiger partial charge in [-0.1, -0.05) is 25.7 Å². The molecule has 0 radical (unpaired) electrons. The van der Waals surface area contributed by atoms with E-state index >= 15 is 0 Å². The zero-order valence-corrected chi connectivity index (χ0v) is 18.5. The number of hydrogen-bond donors (Lipinski definition) is 1. The van der Waals surface area contributed by atoms with E-state index in [0.29, 0.717) is 24.3 Å². The summed E-state index contributed by atoms with van der Waals surface area (Å²) in [6.45, 7) is 0. The first kappa shape index (κ1) is 21.5. The highest BCUT2D eigenvalue weighted by atomic mass is 32.2. The molecule has 30 heavy (non-hydrogen) atoms. The Morgan fingerprint density at radius 1 is 0.933 bits per heavy atom. The van der Waals surface area contributed by atoms with Crippen molar-refractivity contribution in [3.05, 3.63) is 24.3 Å². The van der Waals surface area contributed by atoms with Crippen molar-refractivity contribution >= 4 is 27.4 Å². The lowest BCUT2D eigenvalue weighted by molar-refractivity contribution is -0.136. The van der Waals surface area contributed by atoms with Crippen molar-refractivity contribution in [1.29, 1.82) is 0 Å². The Hall–Kier alpha value is -1.73. The minimum absolute atomic E-state index is 0.0380. The molecule has 6 nitrogen and oxygen atoms in total. The summed E-state index contributed by atoms with van der Waals surface area (Å²) >= 11 is 0. The van der Waals surface area contributed by atoms with E-state index in [1.54, 1.807) is 31.3 Å². The molecule has 3 aliphatic carbocycles. The molecule has 3 saturated carbocycles. The number of anilines is 1. The van der Waals surface area contributed by atoms with Gasteiger partial charge in [0.2, 0.25) is 15.9 Å². The topological polar surface area (TPSA) is 83.6 Å². The van der Waals surface area contributed by atoms with Gasteiger partial charge in [-0.15, -0.1) is 0 Å². The molecule has 0 heterocycles. The zero-order chi connectivity index (χ0) is 21.3. The highest BCUT2D eigenvalue weighted by Gasteiger charge is 2.41. The minimum atomic E-state index is -3.54. The third-order valence-electron chi connectivity index (χ3n) is 7.31. The molecule has 164 valence electrons. The summed E-state index contributed by atoms with van der Waals surface area (Å²) in [5, 5.41) is 2.93. The van der Waals surface area contributed by atoms with E-state index in [1.165, 1.54) is 10.7 Å². The van der Waals surface area contributed by atoms with Gasteiger partial charge in [0, 0.05) is 36.5 Å². The van der Waals surface area contributed by atoms with Crippen LogP contribution in [0.4, 0.5) is 5.69 Å². The van der Waals surface area contributed by atoms with Crippen molar-refractivity contribution < 1.29 is 18.0 Å². The molecular weight excluding hydrogens is 400 g/mol. The number of nitrogens with zero attached hydrogens (tertiary/aromatic N) is 1. The van der Waals surface area contributed by atoms with Gasteiger partial charge in [-0.2, -0.15) is 4.31 Å². The molecule has 0 aromatic heterocycles. The average molecular weight is 433 g/mol. The van der Waals surface area contributed by atoms with Gasteiger partial charge in [-0.3, -0.25) is 9.59 Å². The van der Waals surface area contributed by atoms with Crippen LogP contribution in [0.5, 0.6) is 0 Å². The van der Waals surface area contributed by atoms with E-state index in [1.807, 2.05) is 0 Å². The second-order valence-corrected chi connectivity index (χ2v) is 11.2. The Morgan fingerprint density at radius 3 is 2.13 bits per heavy atom. The minimum Gasteiger partial charge on any atom is -0.326 e. The number of rotatable bonds is 5.